The van der Waals surface area contributed by atoms with E-state index in [-0.39, 0.29) is 5.91 Å². The van der Waals surface area contributed by atoms with Gasteiger partial charge in [-0.3, -0.25) is 14.6 Å². The van der Waals surface area contributed by atoms with Gasteiger partial charge in [0.2, 0.25) is 0 Å². The van der Waals surface area contributed by atoms with Crippen LogP contribution in [0.3, 0.4) is 0 Å². The largest absolute Gasteiger partial charge is 0.459 e. The van der Waals surface area contributed by atoms with Crippen molar-refractivity contribution in [2.75, 3.05) is 44.3 Å². The van der Waals surface area contributed by atoms with Crippen molar-refractivity contribution in [1.82, 2.24) is 9.88 Å². The van der Waals surface area contributed by atoms with Gasteiger partial charge < -0.3 is 9.15 Å². The molecule has 0 atom stereocenters. The lowest BCUT2D eigenvalue weighted by Gasteiger charge is -2.28. The Bertz CT molecular complexity index is 896. The van der Waals surface area contributed by atoms with E-state index in [1.807, 2.05) is 19.1 Å². The first-order valence-corrected chi connectivity index (χ1v) is 10.0. The van der Waals surface area contributed by atoms with Gasteiger partial charge in [-0.05, 0) is 30.7 Å². The Morgan fingerprint density at radius 1 is 1.33 bits per heavy atom. The van der Waals surface area contributed by atoms with E-state index in [0.717, 1.165) is 48.6 Å². The van der Waals surface area contributed by atoms with E-state index < -0.39 is 0 Å². The number of morpholine rings is 1. The summed E-state index contributed by atoms with van der Waals surface area (Å²) in [6.07, 6.45) is 1.51. The number of hydrogen-bond acceptors (Lipinski definition) is 6. The van der Waals surface area contributed by atoms with Gasteiger partial charge in [0.1, 0.15) is 0 Å². The summed E-state index contributed by atoms with van der Waals surface area (Å²) in [7, 11) is 0. The first kappa shape index (κ1) is 18.4. The second kappa shape index (κ2) is 7.98. The van der Waals surface area contributed by atoms with Gasteiger partial charge in [0, 0.05) is 26.2 Å². The van der Waals surface area contributed by atoms with Gasteiger partial charge in [-0.15, -0.1) is 0 Å². The van der Waals surface area contributed by atoms with Crippen LogP contribution < -0.4 is 4.90 Å². The van der Waals surface area contributed by atoms with Crippen molar-refractivity contribution in [3.05, 3.63) is 46.9 Å². The van der Waals surface area contributed by atoms with Gasteiger partial charge in [-0.25, -0.2) is 4.98 Å². The summed E-state index contributed by atoms with van der Waals surface area (Å²) in [6, 6.07) is 7.20. The monoisotopic (exact) mass is 405 g/mol. The molecule has 0 saturated carbocycles. The number of aromatic nitrogens is 1. The molecule has 27 heavy (non-hydrogen) atoms. The number of rotatable bonds is 5. The fourth-order valence-corrected chi connectivity index (χ4v) is 4.43. The molecule has 6 nitrogen and oxygen atoms in total. The van der Waals surface area contributed by atoms with Crippen molar-refractivity contribution in [3.63, 3.8) is 0 Å². The zero-order valence-corrected chi connectivity index (χ0v) is 16.6. The van der Waals surface area contributed by atoms with Crippen LogP contribution in [0, 0.1) is 6.92 Å². The number of aryl methyl sites for hydroxylation is 1. The predicted octanol–water partition coefficient (Wildman–Crippen LogP) is 3.83. The van der Waals surface area contributed by atoms with Crippen LogP contribution in [0.4, 0.5) is 5.13 Å². The van der Waals surface area contributed by atoms with Gasteiger partial charge in [0.25, 0.3) is 5.91 Å². The normalized spacial score (nSPS) is 15.3. The first-order valence-electron chi connectivity index (χ1n) is 8.84. The molecule has 1 aliphatic rings. The molecule has 4 rings (SSSR count). The van der Waals surface area contributed by atoms with E-state index in [1.165, 1.54) is 17.6 Å². The maximum Gasteiger partial charge on any atom is 0.295 e. The maximum absolute atomic E-state index is 13.0. The van der Waals surface area contributed by atoms with Gasteiger partial charge in [0.15, 0.2) is 10.9 Å². The molecule has 3 heterocycles. The third-order valence-corrected chi connectivity index (χ3v) is 6.18. The van der Waals surface area contributed by atoms with Crippen molar-refractivity contribution in [2.45, 2.75) is 6.92 Å². The van der Waals surface area contributed by atoms with E-state index in [4.69, 9.17) is 25.7 Å². The van der Waals surface area contributed by atoms with Crippen LogP contribution in [0.15, 0.2) is 34.9 Å². The van der Waals surface area contributed by atoms with E-state index in [9.17, 15) is 4.79 Å². The summed E-state index contributed by atoms with van der Waals surface area (Å²) in [4.78, 5) is 21.7. The molecule has 1 amide bonds. The fraction of sp³-hybridized carbons (Fsp3) is 0.368. The Hall–Kier alpha value is -1.93. The fourth-order valence-electron chi connectivity index (χ4n) is 3.09. The van der Waals surface area contributed by atoms with Crippen LogP contribution in [0.2, 0.25) is 5.02 Å². The number of halogens is 1. The molecule has 1 saturated heterocycles. The summed E-state index contributed by atoms with van der Waals surface area (Å²) < 4.78 is 11.6. The van der Waals surface area contributed by atoms with Crippen LogP contribution in [0.25, 0.3) is 10.2 Å². The lowest BCUT2D eigenvalue weighted by Crippen LogP contribution is -2.43. The molecule has 2 aromatic heterocycles. The van der Waals surface area contributed by atoms with E-state index >= 15 is 0 Å². The smallest absolute Gasteiger partial charge is 0.295 e. The lowest BCUT2D eigenvalue weighted by molar-refractivity contribution is 0.0390. The summed E-state index contributed by atoms with van der Waals surface area (Å²) in [5.74, 6) is 0.111. The van der Waals surface area contributed by atoms with Gasteiger partial charge in [-0.2, -0.15) is 0 Å². The number of benzene rings is 1. The summed E-state index contributed by atoms with van der Waals surface area (Å²) in [6.45, 7) is 6.45. The molecule has 1 aliphatic heterocycles. The molecule has 3 aromatic rings. The first-order chi connectivity index (χ1) is 13.1. The Kier molecular flexibility index (Phi) is 5.45. The van der Waals surface area contributed by atoms with Crippen molar-refractivity contribution in [1.29, 1.82) is 0 Å². The second-order valence-electron chi connectivity index (χ2n) is 6.43. The number of nitrogens with zero attached hydrogens (tertiary/aromatic N) is 3. The number of fused-ring (bicyclic) bond motifs is 1. The van der Waals surface area contributed by atoms with Crippen molar-refractivity contribution >= 4 is 44.2 Å². The molecule has 1 fully saturated rings. The molecule has 8 heteroatoms. The van der Waals surface area contributed by atoms with E-state index in [2.05, 4.69) is 4.90 Å². The average molecular weight is 406 g/mol. The molecule has 0 aliphatic carbocycles. The third-order valence-electron chi connectivity index (χ3n) is 4.64. The van der Waals surface area contributed by atoms with Crippen LogP contribution in [0.1, 0.15) is 16.1 Å². The van der Waals surface area contributed by atoms with Gasteiger partial charge in [-0.1, -0.05) is 29.0 Å². The minimum atomic E-state index is -0.193. The number of carbonyl (C=O) groups excluding carboxylic acids is 1. The Balaban J connectivity index is 1.65. The number of carbonyl (C=O) groups is 1. The molecule has 0 N–H and O–H groups in total. The minimum Gasteiger partial charge on any atom is -0.459 e. The highest BCUT2D eigenvalue weighted by Gasteiger charge is 2.25. The van der Waals surface area contributed by atoms with Crippen LogP contribution in [0.5, 0.6) is 0 Å². The number of thiazole rings is 1. The van der Waals surface area contributed by atoms with Crippen LogP contribution >= 0.6 is 22.9 Å². The summed E-state index contributed by atoms with van der Waals surface area (Å²) in [5.41, 5.74) is 1.88. The Labute approximate surface area is 166 Å². The molecular weight excluding hydrogens is 386 g/mol. The maximum atomic E-state index is 13.0. The third kappa shape index (κ3) is 3.87. The number of furan rings is 1. The number of hydrogen-bond donors (Lipinski definition) is 0. The quantitative estimate of drug-likeness (QED) is 0.645. The Morgan fingerprint density at radius 2 is 2.15 bits per heavy atom. The van der Waals surface area contributed by atoms with Crippen molar-refractivity contribution < 1.29 is 13.9 Å². The number of ether oxygens (including phenoxy) is 1. The lowest BCUT2D eigenvalue weighted by atomic mass is 10.2. The van der Waals surface area contributed by atoms with Crippen molar-refractivity contribution in [3.8, 4) is 0 Å². The average Bonchev–Trinajstić information content (AvgIpc) is 3.36. The van der Waals surface area contributed by atoms with Gasteiger partial charge in [0.05, 0.1) is 34.7 Å². The molecular formula is C19H20ClN3O3S. The zero-order chi connectivity index (χ0) is 18.8. The van der Waals surface area contributed by atoms with Crippen LogP contribution in [-0.4, -0.2) is 55.2 Å². The highest BCUT2D eigenvalue weighted by Crippen LogP contribution is 2.36. The SMILES string of the molecule is Cc1ccc(Cl)c2sc(N(CCN3CCOCC3)C(=O)c3ccco3)nc12. The number of amides is 1. The zero-order valence-electron chi connectivity index (χ0n) is 15.0. The molecule has 142 valence electrons. The Morgan fingerprint density at radius 3 is 2.85 bits per heavy atom. The topological polar surface area (TPSA) is 58.8 Å². The van der Waals surface area contributed by atoms with Crippen LogP contribution in [-0.2, 0) is 4.74 Å². The second-order valence-corrected chi connectivity index (χ2v) is 7.81. The predicted molar refractivity (Wildman–Crippen MR) is 107 cm³/mol. The molecule has 0 radical (unpaired) electrons. The molecule has 0 spiro atoms. The van der Waals surface area contributed by atoms with E-state index in [0.29, 0.717) is 22.5 Å². The molecule has 1 aromatic carbocycles. The van der Waals surface area contributed by atoms with Gasteiger partial charge >= 0.3 is 0 Å². The number of anilines is 1. The summed E-state index contributed by atoms with van der Waals surface area (Å²) in [5, 5.41) is 1.29. The molecule has 0 bridgehead atoms. The highest BCUT2D eigenvalue weighted by atomic mass is 35.5. The standard InChI is InChI=1S/C19H20ClN3O3S/c1-13-4-5-14(20)17-16(13)21-19(27-17)23(18(24)15-3-2-10-26-15)7-6-22-8-11-25-12-9-22/h2-5,10H,6-9,11-12H2,1H3. The molecule has 0 unspecified atom stereocenters. The highest BCUT2D eigenvalue weighted by molar-refractivity contribution is 7.23. The minimum absolute atomic E-state index is 0.193. The van der Waals surface area contributed by atoms with E-state index in [1.54, 1.807) is 17.0 Å². The van der Waals surface area contributed by atoms with Crippen molar-refractivity contribution in [2.24, 2.45) is 0 Å². The summed E-state index contributed by atoms with van der Waals surface area (Å²) >= 11 is 7.79.